The molecule has 9 heteroatoms. The molecule has 0 heterocycles. The molecular weight excluding hydrogens is 344 g/mol. The van der Waals surface area contributed by atoms with Crippen molar-refractivity contribution in [3.05, 3.63) is 58.1 Å². The fourth-order valence-electron chi connectivity index (χ4n) is 1.88. The molecule has 0 aliphatic carbocycles. The molecule has 25 heavy (non-hydrogen) atoms. The zero-order valence-corrected chi connectivity index (χ0v) is 14.1. The SMILES string of the molecule is CCOc1ccc(NC(=S)N/N=C\c2ccc([O-])c([N+](=O)[O-])c2)cc1. The quantitative estimate of drug-likeness (QED) is 0.352. The monoisotopic (exact) mass is 359 g/mol. The minimum atomic E-state index is -0.731. The van der Waals surface area contributed by atoms with Crippen molar-refractivity contribution in [2.24, 2.45) is 5.10 Å². The summed E-state index contributed by atoms with van der Waals surface area (Å²) < 4.78 is 5.34. The molecule has 2 rings (SSSR count). The number of nitrogens with zero attached hydrogens (tertiary/aromatic N) is 2. The minimum absolute atomic E-state index is 0.246. The van der Waals surface area contributed by atoms with Gasteiger partial charge in [0.05, 0.1) is 17.7 Å². The van der Waals surface area contributed by atoms with Gasteiger partial charge in [0.2, 0.25) is 0 Å². The fourth-order valence-corrected chi connectivity index (χ4v) is 2.05. The van der Waals surface area contributed by atoms with E-state index in [4.69, 9.17) is 17.0 Å². The number of rotatable bonds is 6. The average Bonchev–Trinajstić information content (AvgIpc) is 2.58. The van der Waals surface area contributed by atoms with Crippen molar-refractivity contribution >= 4 is 34.9 Å². The molecule has 0 aromatic heterocycles. The zero-order chi connectivity index (χ0) is 18.2. The predicted molar refractivity (Wildman–Crippen MR) is 97.1 cm³/mol. The molecular formula is C16H15N4O4S-. The molecule has 0 aliphatic rings. The van der Waals surface area contributed by atoms with Crippen LogP contribution < -0.4 is 20.6 Å². The lowest BCUT2D eigenvalue weighted by Crippen LogP contribution is -2.23. The predicted octanol–water partition coefficient (Wildman–Crippen LogP) is 2.39. The maximum atomic E-state index is 11.3. The Morgan fingerprint density at radius 2 is 2.04 bits per heavy atom. The summed E-state index contributed by atoms with van der Waals surface area (Å²) in [5, 5.41) is 29.1. The van der Waals surface area contributed by atoms with Crippen molar-refractivity contribution in [3.8, 4) is 11.5 Å². The van der Waals surface area contributed by atoms with Crippen LogP contribution in [-0.2, 0) is 0 Å². The van der Waals surface area contributed by atoms with Crippen LogP contribution in [-0.4, -0.2) is 22.9 Å². The first-order chi connectivity index (χ1) is 12.0. The van der Waals surface area contributed by atoms with E-state index in [0.717, 1.165) is 23.6 Å². The van der Waals surface area contributed by atoms with Gasteiger partial charge < -0.3 is 15.2 Å². The number of hydrazone groups is 1. The van der Waals surface area contributed by atoms with E-state index in [1.165, 1.54) is 12.3 Å². The molecule has 0 atom stereocenters. The van der Waals surface area contributed by atoms with Crippen LogP contribution in [0, 0.1) is 10.1 Å². The fraction of sp³-hybridized carbons (Fsp3) is 0.125. The maximum Gasteiger partial charge on any atom is 0.262 e. The second kappa shape index (κ2) is 8.60. The summed E-state index contributed by atoms with van der Waals surface area (Å²) >= 11 is 5.10. The Morgan fingerprint density at radius 1 is 1.32 bits per heavy atom. The molecule has 0 radical (unpaired) electrons. The Hall–Kier alpha value is -3.20. The molecule has 0 aliphatic heterocycles. The standard InChI is InChI=1S/C16H16N4O4S/c1-2-24-13-6-4-12(5-7-13)18-16(25)19-17-10-11-3-8-15(21)14(9-11)20(22)23/h3-10,21H,2H2,1H3,(H2,18,19,25)/p-1/b17-10-. The Kier molecular flexibility index (Phi) is 6.24. The first kappa shape index (κ1) is 18.1. The third-order valence-corrected chi connectivity index (χ3v) is 3.18. The first-order valence-corrected chi connectivity index (χ1v) is 7.69. The topological polar surface area (TPSA) is 112 Å². The largest absolute Gasteiger partial charge is 0.868 e. The van der Waals surface area contributed by atoms with Gasteiger partial charge in [0, 0.05) is 17.3 Å². The van der Waals surface area contributed by atoms with Crippen molar-refractivity contribution in [1.29, 1.82) is 0 Å². The summed E-state index contributed by atoms with van der Waals surface area (Å²) in [6, 6.07) is 10.9. The molecule has 0 saturated carbocycles. The Balaban J connectivity index is 1.92. The Bertz CT molecular complexity index is 793. The summed E-state index contributed by atoms with van der Waals surface area (Å²) in [6.07, 6.45) is 1.33. The van der Waals surface area contributed by atoms with Gasteiger partial charge >= 0.3 is 0 Å². The zero-order valence-electron chi connectivity index (χ0n) is 13.3. The molecule has 0 unspecified atom stereocenters. The Morgan fingerprint density at radius 3 is 2.68 bits per heavy atom. The molecule has 0 spiro atoms. The molecule has 0 bridgehead atoms. The molecule has 8 nitrogen and oxygen atoms in total. The van der Waals surface area contributed by atoms with Crippen LogP contribution in [0.15, 0.2) is 47.6 Å². The van der Waals surface area contributed by atoms with E-state index in [2.05, 4.69) is 15.8 Å². The molecule has 0 fully saturated rings. The molecule has 0 saturated heterocycles. The van der Waals surface area contributed by atoms with Crippen LogP contribution >= 0.6 is 12.2 Å². The minimum Gasteiger partial charge on any atom is -0.868 e. The number of nitro groups is 1. The third kappa shape index (κ3) is 5.43. The van der Waals surface area contributed by atoms with Crippen molar-refractivity contribution in [3.63, 3.8) is 0 Å². The number of benzene rings is 2. The van der Waals surface area contributed by atoms with Crippen molar-refractivity contribution in [2.45, 2.75) is 6.92 Å². The van der Waals surface area contributed by atoms with Gasteiger partial charge in [-0.1, -0.05) is 12.1 Å². The molecule has 2 N–H and O–H groups in total. The number of hydrogen-bond acceptors (Lipinski definition) is 6. The van der Waals surface area contributed by atoms with Crippen LogP contribution in [0.5, 0.6) is 11.5 Å². The molecule has 2 aromatic rings. The van der Waals surface area contributed by atoms with Gasteiger partial charge in [-0.25, -0.2) is 0 Å². The molecule has 0 amide bonds. The molecule has 2 aromatic carbocycles. The van der Waals surface area contributed by atoms with Crippen LogP contribution in [0.25, 0.3) is 0 Å². The van der Waals surface area contributed by atoms with E-state index < -0.39 is 16.4 Å². The first-order valence-electron chi connectivity index (χ1n) is 7.28. The summed E-state index contributed by atoms with van der Waals surface area (Å²) in [6.45, 7) is 2.50. The van der Waals surface area contributed by atoms with E-state index in [9.17, 15) is 15.2 Å². The average molecular weight is 359 g/mol. The smallest absolute Gasteiger partial charge is 0.262 e. The second-order valence-electron chi connectivity index (χ2n) is 4.77. The van der Waals surface area contributed by atoms with Gasteiger partial charge in [-0.05, 0) is 49.2 Å². The van der Waals surface area contributed by atoms with Gasteiger partial charge in [-0.2, -0.15) is 5.10 Å². The lowest BCUT2D eigenvalue weighted by Gasteiger charge is -2.08. The van der Waals surface area contributed by atoms with Gasteiger partial charge in [-0.15, -0.1) is 0 Å². The van der Waals surface area contributed by atoms with Crippen molar-refractivity contribution < 1.29 is 14.8 Å². The second-order valence-corrected chi connectivity index (χ2v) is 5.17. The number of nitro benzene ring substituents is 1. The maximum absolute atomic E-state index is 11.3. The van der Waals surface area contributed by atoms with E-state index >= 15 is 0 Å². The lowest BCUT2D eigenvalue weighted by molar-refractivity contribution is -0.398. The van der Waals surface area contributed by atoms with Crippen LogP contribution in [0.4, 0.5) is 11.4 Å². The van der Waals surface area contributed by atoms with Crippen molar-refractivity contribution in [1.82, 2.24) is 5.43 Å². The number of anilines is 1. The van der Waals surface area contributed by atoms with E-state index in [-0.39, 0.29) is 5.11 Å². The summed E-state index contributed by atoms with van der Waals surface area (Å²) in [5.41, 5.74) is 3.25. The van der Waals surface area contributed by atoms with Gasteiger partial charge in [-0.3, -0.25) is 15.5 Å². The van der Waals surface area contributed by atoms with E-state index in [1.807, 2.05) is 6.92 Å². The lowest BCUT2D eigenvalue weighted by atomic mass is 10.2. The highest BCUT2D eigenvalue weighted by atomic mass is 32.1. The van der Waals surface area contributed by atoms with Crippen molar-refractivity contribution in [2.75, 3.05) is 11.9 Å². The summed E-state index contributed by atoms with van der Waals surface area (Å²) in [4.78, 5) is 10.00. The number of nitrogens with one attached hydrogen (secondary N) is 2. The Labute approximate surface area is 149 Å². The van der Waals surface area contributed by atoms with Crippen LogP contribution in [0.3, 0.4) is 0 Å². The van der Waals surface area contributed by atoms with Gasteiger partial charge in [0.25, 0.3) is 5.69 Å². The van der Waals surface area contributed by atoms with E-state index in [0.29, 0.717) is 12.2 Å². The van der Waals surface area contributed by atoms with Gasteiger partial charge in [0.1, 0.15) is 5.75 Å². The highest BCUT2D eigenvalue weighted by molar-refractivity contribution is 7.80. The summed E-state index contributed by atoms with van der Waals surface area (Å²) in [7, 11) is 0. The third-order valence-electron chi connectivity index (χ3n) is 2.98. The normalized spacial score (nSPS) is 10.4. The number of hydrogen-bond donors (Lipinski definition) is 2. The number of thiocarbonyl (C=S) groups is 1. The highest BCUT2D eigenvalue weighted by Gasteiger charge is 2.06. The highest BCUT2D eigenvalue weighted by Crippen LogP contribution is 2.22. The van der Waals surface area contributed by atoms with Crippen LogP contribution in [0.2, 0.25) is 0 Å². The summed E-state index contributed by atoms with van der Waals surface area (Å²) in [5.74, 6) is 0.108. The number of ether oxygens (including phenoxy) is 1. The van der Waals surface area contributed by atoms with Crippen LogP contribution in [0.1, 0.15) is 12.5 Å². The molecule has 130 valence electrons. The van der Waals surface area contributed by atoms with E-state index in [1.54, 1.807) is 24.3 Å². The van der Waals surface area contributed by atoms with Gasteiger partial charge in [0.15, 0.2) is 5.11 Å².